The lowest BCUT2D eigenvalue weighted by atomic mass is 9.87. The van der Waals surface area contributed by atoms with Crippen molar-refractivity contribution < 1.29 is 9.59 Å². The first-order chi connectivity index (χ1) is 14.3. The van der Waals surface area contributed by atoms with Crippen LogP contribution in [0.2, 0.25) is 0 Å². The van der Waals surface area contributed by atoms with Gasteiger partial charge in [-0.1, -0.05) is 58.2 Å². The van der Waals surface area contributed by atoms with E-state index in [1.54, 1.807) is 23.4 Å². The third-order valence-electron chi connectivity index (χ3n) is 5.81. The number of hydrogen-bond donors (Lipinski definition) is 1. The molecule has 1 N–H and O–H groups in total. The summed E-state index contributed by atoms with van der Waals surface area (Å²) in [5.41, 5.74) is 2.61. The lowest BCUT2D eigenvalue weighted by molar-refractivity contribution is -0.126. The molecule has 0 spiro atoms. The van der Waals surface area contributed by atoms with Crippen molar-refractivity contribution in [2.45, 2.75) is 77.3 Å². The Morgan fingerprint density at radius 3 is 2.27 bits per heavy atom. The van der Waals surface area contributed by atoms with Gasteiger partial charge in [-0.05, 0) is 42.0 Å². The molecule has 1 aromatic heterocycles. The molecule has 1 aliphatic rings. The molecule has 1 aromatic carbocycles. The Bertz CT molecular complexity index is 850. The van der Waals surface area contributed by atoms with Gasteiger partial charge in [0.05, 0.1) is 0 Å². The molecule has 5 heteroatoms. The van der Waals surface area contributed by atoms with Crippen molar-refractivity contribution in [3.63, 3.8) is 0 Å². The molecule has 0 radical (unpaired) electrons. The van der Waals surface area contributed by atoms with E-state index < -0.39 is 6.04 Å². The van der Waals surface area contributed by atoms with Crippen LogP contribution in [-0.4, -0.2) is 22.8 Å². The number of benzene rings is 1. The molecule has 1 atom stereocenters. The molecule has 0 bridgehead atoms. The highest BCUT2D eigenvalue weighted by Crippen LogP contribution is 2.31. The van der Waals surface area contributed by atoms with Crippen LogP contribution in [0.4, 0.5) is 5.69 Å². The summed E-state index contributed by atoms with van der Waals surface area (Å²) >= 11 is 0. The Morgan fingerprint density at radius 2 is 1.73 bits per heavy atom. The number of pyridine rings is 1. The van der Waals surface area contributed by atoms with E-state index in [0.29, 0.717) is 11.3 Å². The molecule has 30 heavy (non-hydrogen) atoms. The van der Waals surface area contributed by atoms with Crippen molar-refractivity contribution in [1.82, 2.24) is 10.3 Å². The second-order valence-electron chi connectivity index (χ2n) is 9.22. The van der Waals surface area contributed by atoms with Crippen molar-refractivity contribution in [3.05, 3.63) is 59.9 Å². The Balaban J connectivity index is 1.96. The number of anilines is 1. The van der Waals surface area contributed by atoms with Gasteiger partial charge in [-0.2, -0.15) is 0 Å². The Morgan fingerprint density at radius 1 is 1.07 bits per heavy atom. The quantitative estimate of drug-likeness (QED) is 0.765. The maximum absolute atomic E-state index is 13.4. The molecule has 0 aliphatic heterocycles. The standard InChI is InChI=1S/C25H33N3O2/c1-18(29)28(22-14-12-20(13-15-22)25(2,3)4)23(19-9-8-16-26-17-19)24(30)27-21-10-6-5-7-11-21/h8-9,12-17,21,23H,5-7,10-11H2,1-4H3,(H,27,30). The lowest BCUT2D eigenvalue weighted by Crippen LogP contribution is -2.46. The zero-order chi connectivity index (χ0) is 21.7. The van der Waals surface area contributed by atoms with Crippen LogP contribution >= 0.6 is 0 Å². The largest absolute Gasteiger partial charge is 0.351 e. The zero-order valence-corrected chi connectivity index (χ0v) is 18.5. The van der Waals surface area contributed by atoms with Crippen LogP contribution < -0.4 is 10.2 Å². The van der Waals surface area contributed by atoms with Gasteiger partial charge in [0.25, 0.3) is 0 Å². The Hall–Kier alpha value is -2.69. The molecule has 2 amide bonds. The molecule has 1 saturated carbocycles. The molecule has 160 valence electrons. The van der Waals surface area contributed by atoms with E-state index in [-0.39, 0.29) is 23.3 Å². The van der Waals surface area contributed by atoms with Gasteiger partial charge in [-0.15, -0.1) is 0 Å². The maximum atomic E-state index is 13.4. The van der Waals surface area contributed by atoms with E-state index in [1.165, 1.54) is 18.9 Å². The summed E-state index contributed by atoms with van der Waals surface area (Å²) in [7, 11) is 0. The summed E-state index contributed by atoms with van der Waals surface area (Å²) in [6.45, 7) is 7.97. The van der Waals surface area contributed by atoms with E-state index >= 15 is 0 Å². The molecule has 0 saturated heterocycles. The fourth-order valence-electron chi connectivity index (χ4n) is 4.12. The molecule has 1 heterocycles. The second kappa shape index (κ2) is 9.41. The van der Waals surface area contributed by atoms with Gasteiger partial charge in [-0.25, -0.2) is 0 Å². The average molecular weight is 408 g/mol. The smallest absolute Gasteiger partial charge is 0.248 e. The number of amides is 2. The van der Waals surface area contributed by atoms with E-state index in [9.17, 15) is 9.59 Å². The van der Waals surface area contributed by atoms with Gasteiger partial charge in [0, 0.05) is 36.6 Å². The lowest BCUT2D eigenvalue weighted by Gasteiger charge is -2.33. The summed E-state index contributed by atoms with van der Waals surface area (Å²) < 4.78 is 0. The summed E-state index contributed by atoms with van der Waals surface area (Å²) in [4.78, 5) is 32.0. The summed E-state index contributed by atoms with van der Waals surface area (Å²) in [5.74, 6) is -0.323. The fraction of sp³-hybridized carbons (Fsp3) is 0.480. The number of nitrogens with one attached hydrogen (secondary N) is 1. The number of carbonyl (C=O) groups is 2. The predicted octanol–water partition coefficient (Wildman–Crippen LogP) is 4.92. The zero-order valence-electron chi connectivity index (χ0n) is 18.5. The van der Waals surface area contributed by atoms with Crippen LogP contribution in [0.3, 0.4) is 0 Å². The highest BCUT2D eigenvalue weighted by molar-refractivity contribution is 6.00. The molecule has 2 aromatic rings. The van der Waals surface area contributed by atoms with Gasteiger partial charge in [0.15, 0.2) is 0 Å². The van der Waals surface area contributed by atoms with Crippen LogP contribution in [0.1, 0.15) is 77.0 Å². The Kier molecular flexibility index (Phi) is 6.91. The van der Waals surface area contributed by atoms with Gasteiger partial charge in [0.2, 0.25) is 11.8 Å². The van der Waals surface area contributed by atoms with E-state index in [1.807, 2.05) is 30.3 Å². The number of carbonyl (C=O) groups excluding carboxylic acids is 2. The summed E-state index contributed by atoms with van der Waals surface area (Å²) in [6, 6.07) is 11.0. The SMILES string of the molecule is CC(=O)N(c1ccc(C(C)(C)C)cc1)C(C(=O)NC1CCCCC1)c1cccnc1. The third-order valence-corrected chi connectivity index (χ3v) is 5.81. The average Bonchev–Trinajstić information content (AvgIpc) is 2.72. The van der Waals surface area contributed by atoms with Crippen molar-refractivity contribution in [2.24, 2.45) is 0 Å². The monoisotopic (exact) mass is 407 g/mol. The minimum absolute atomic E-state index is 0.0146. The molecule has 1 aliphatic carbocycles. The fourth-order valence-corrected chi connectivity index (χ4v) is 4.12. The van der Waals surface area contributed by atoms with Gasteiger partial charge >= 0.3 is 0 Å². The van der Waals surface area contributed by atoms with Crippen molar-refractivity contribution in [3.8, 4) is 0 Å². The molecule has 5 nitrogen and oxygen atoms in total. The van der Waals surface area contributed by atoms with E-state index in [0.717, 1.165) is 25.7 Å². The van der Waals surface area contributed by atoms with Crippen LogP contribution in [-0.2, 0) is 15.0 Å². The molecular formula is C25H33N3O2. The number of rotatable bonds is 5. The molecular weight excluding hydrogens is 374 g/mol. The minimum atomic E-state index is -0.751. The number of aromatic nitrogens is 1. The normalized spacial score (nSPS) is 16.0. The predicted molar refractivity (Wildman–Crippen MR) is 120 cm³/mol. The second-order valence-corrected chi connectivity index (χ2v) is 9.22. The topological polar surface area (TPSA) is 62.3 Å². The molecule has 3 rings (SSSR count). The summed E-state index contributed by atoms with van der Waals surface area (Å²) in [5, 5.41) is 3.20. The van der Waals surface area contributed by atoms with Crippen molar-refractivity contribution in [2.75, 3.05) is 4.90 Å². The van der Waals surface area contributed by atoms with Gasteiger partial charge in [-0.3, -0.25) is 19.5 Å². The summed E-state index contributed by atoms with van der Waals surface area (Å²) in [6.07, 6.45) is 8.82. The van der Waals surface area contributed by atoms with Crippen molar-refractivity contribution in [1.29, 1.82) is 0 Å². The van der Waals surface area contributed by atoms with Crippen LogP contribution in [0, 0.1) is 0 Å². The van der Waals surface area contributed by atoms with Crippen LogP contribution in [0.25, 0.3) is 0 Å². The molecule has 1 unspecified atom stereocenters. The third kappa shape index (κ3) is 5.26. The van der Waals surface area contributed by atoms with E-state index in [2.05, 4.69) is 31.1 Å². The maximum Gasteiger partial charge on any atom is 0.248 e. The molecule has 1 fully saturated rings. The first kappa shape index (κ1) is 22.0. The first-order valence-corrected chi connectivity index (χ1v) is 10.9. The highest BCUT2D eigenvalue weighted by Gasteiger charge is 2.33. The first-order valence-electron chi connectivity index (χ1n) is 10.9. The number of hydrogen-bond acceptors (Lipinski definition) is 3. The van der Waals surface area contributed by atoms with Gasteiger partial charge < -0.3 is 5.32 Å². The van der Waals surface area contributed by atoms with Crippen LogP contribution in [0.15, 0.2) is 48.8 Å². The van der Waals surface area contributed by atoms with Crippen LogP contribution in [0.5, 0.6) is 0 Å². The number of nitrogens with zero attached hydrogens (tertiary/aromatic N) is 2. The van der Waals surface area contributed by atoms with E-state index in [4.69, 9.17) is 0 Å². The highest BCUT2D eigenvalue weighted by atomic mass is 16.2. The van der Waals surface area contributed by atoms with Gasteiger partial charge in [0.1, 0.15) is 6.04 Å². The van der Waals surface area contributed by atoms with Crippen molar-refractivity contribution >= 4 is 17.5 Å². The minimum Gasteiger partial charge on any atom is -0.351 e. The Labute approximate surface area is 179 Å².